The molecule has 0 spiro atoms. The summed E-state index contributed by atoms with van der Waals surface area (Å²) in [5.74, 6) is 0. The summed E-state index contributed by atoms with van der Waals surface area (Å²) in [6, 6.07) is 13.8. The number of amides is 2. The number of urea groups is 1. The Kier molecular flexibility index (Phi) is 3.68. The number of carbonyl (C=O) groups is 1. The second-order valence-corrected chi connectivity index (χ2v) is 5.13. The summed E-state index contributed by atoms with van der Waals surface area (Å²) in [5.41, 5.74) is 2.17. The van der Waals surface area contributed by atoms with Crippen LogP contribution >= 0.6 is 0 Å². The highest BCUT2D eigenvalue weighted by atomic mass is 16.2. The average molecular weight is 266 g/mol. The monoisotopic (exact) mass is 266 g/mol. The van der Waals surface area contributed by atoms with E-state index in [4.69, 9.17) is 0 Å². The fraction of sp³-hybridized carbons (Fsp3) is 0.235. The van der Waals surface area contributed by atoms with Gasteiger partial charge in [0.2, 0.25) is 0 Å². The summed E-state index contributed by atoms with van der Waals surface area (Å²) >= 11 is 0. The van der Waals surface area contributed by atoms with E-state index < -0.39 is 0 Å². The number of anilines is 1. The SMILES string of the molecule is O=C(NC=C1CCCC1)Nc1cccc2ccccc12. The van der Waals surface area contributed by atoms with E-state index in [1.165, 1.54) is 18.4 Å². The molecule has 2 amide bonds. The zero-order chi connectivity index (χ0) is 13.8. The fourth-order valence-corrected chi connectivity index (χ4v) is 2.63. The van der Waals surface area contributed by atoms with E-state index in [2.05, 4.69) is 10.6 Å². The standard InChI is InChI=1S/C17H18N2O/c20-17(18-12-13-6-1-2-7-13)19-16-11-5-9-14-8-3-4-10-15(14)16/h3-5,8-12H,1-2,6-7H2,(H2,18,19,20). The Bertz CT molecular complexity index is 648. The smallest absolute Gasteiger partial charge is 0.314 e. The quantitative estimate of drug-likeness (QED) is 0.830. The van der Waals surface area contributed by atoms with Crippen molar-refractivity contribution in [3.05, 3.63) is 54.2 Å². The van der Waals surface area contributed by atoms with Gasteiger partial charge in [0, 0.05) is 11.6 Å². The minimum absolute atomic E-state index is 0.180. The van der Waals surface area contributed by atoms with Crippen LogP contribution in [0.3, 0.4) is 0 Å². The molecule has 3 heteroatoms. The van der Waals surface area contributed by atoms with Crippen molar-refractivity contribution in [2.45, 2.75) is 25.7 Å². The molecular weight excluding hydrogens is 248 g/mol. The maximum Gasteiger partial charge on any atom is 0.323 e. The normalized spacial score (nSPS) is 14.3. The van der Waals surface area contributed by atoms with E-state index in [0.717, 1.165) is 29.3 Å². The topological polar surface area (TPSA) is 41.1 Å². The second kappa shape index (κ2) is 5.78. The van der Waals surface area contributed by atoms with E-state index in [-0.39, 0.29) is 6.03 Å². The van der Waals surface area contributed by atoms with Crippen molar-refractivity contribution in [3.8, 4) is 0 Å². The minimum atomic E-state index is -0.180. The van der Waals surface area contributed by atoms with Crippen molar-refractivity contribution >= 4 is 22.5 Å². The van der Waals surface area contributed by atoms with Crippen molar-refractivity contribution in [3.63, 3.8) is 0 Å². The summed E-state index contributed by atoms with van der Waals surface area (Å²) in [5, 5.41) is 7.92. The maximum atomic E-state index is 11.9. The summed E-state index contributed by atoms with van der Waals surface area (Å²) < 4.78 is 0. The lowest BCUT2D eigenvalue weighted by molar-refractivity contribution is 0.255. The first-order chi connectivity index (χ1) is 9.83. The van der Waals surface area contributed by atoms with Gasteiger partial charge < -0.3 is 10.6 Å². The maximum absolute atomic E-state index is 11.9. The highest BCUT2D eigenvalue weighted by Gasteiger charge is 2.07. The van der Waals surface area contributed by atoms with Gasteiger partial charge in [-0.25, -0.2) is 4.79 Å². The third-order valence-electron chi connectivity index (χ3n) is 3.69. The summed E-state index contributed by atoms with van der Waals surface area (Å²) in [7, 11) is 0. The van der Waals surface area contributed by atoms with Gasteiger partial charge in [0.15, 0.2) is 0 Å². The van der Waals surface area contributed by atoms with Crippen molar-refractivity contribution in [2.24, 2.45) is 0 Å². The Morgan fingerprint density at radius 1 is 1.00 bits per heavy atom. The van der Waals surface area contributed by atoms with Crippen LogP contribution in [0.4, 0.5) is 10.5 Å². The molecule has 1 aliphatic rings. The van der Waals surface area contributed by atoms with Crippen LogP contribution in [0.5, 0.6) is 0 Å². The van der Waals surface area contributed by atoms with Crippen LogP contribution in [-0.4, -0.2) is 6.03 Å². The molecule has 0 saturated heterocycles. The molecule has 2 aromatic rings. The summed E-state index contributed by atoms with van der Waals surface area (Å²) in [6.07, 6.45) is 6.54. The zero-order valence-corrected chi connectivity index (χ0v) is 11.4. The van der Waals surface area contributed by atoms with Gasteiger partial charge in [0.25, 0.3) is 0 Å². The van der Waals surface area contributed by atoms with Crippen LogP contribution in [0, 0.1) is 0 Å². The van der Waals surface area contributed by atoms with Gasteiger partial charge >= 0.3 is 6.03 Å². The number of carbonyl (C=O) groups excluding carboxylic acids is 1. The molecule has 102 valence electrons. The van der Waals surface area contributed by atoms with Crippen molar-refractivity contribution in [2.75, 3.05) is 5.32 Å². The molecule has 0 unspecified atom stereocenters. The molecule has 0 radical (unpaired) electrons. The Morgan fingerprint density at radius 2 is 1.75 bits per heavy atom. The lowest BCUT2D eigenvalue weighted by atomic mass is 10.1. The van der Waals surface area contributed by atoms with Crippen LogP contribution in [0.1, 0.15) is 25.7 Å². The number of allylic oxidation sites excluding steroid dienone is 1. The molecule has 0 aromatic heterocycles. The summed E-state index contributed by atoms with van der Waals surface area (Å²) in [4.78, 5) is 11.9. The van der Waals surface area contributed by atoms with Crippen molar-refractivity contribution < 1.29 is 4.79 Å². The molecule has 0 aliphatic heterocycles. The third-order valence-corrected chi connectivity index (χ3v) is 3.69. The molecule has 2 N–H and O–H groups in total. The number of nitrogens with one attached hydrogen (secondary N) is 2. The predicted octanol–water partition coefficient (Wildman–Crippen LogP) is 4.42. The van der Waals surface area contributed by atoms with Crippen LogP contribution in [0.25, 0.3) is 10.8 Å². The van der Waals surface area contributed by atoms with E-state index in [1.807, 2.05) is 48.7 Å². The molecule has 1 fully saturated rings. The number of fused-ring (bicyclic) bond motifs is 1. The molecule has 2 aromatic carbocycles. The predicted molar refractivity (Wildman–Crippen MR) is 82.7 cm³/mol. The van der Waals surface area contributed by atoms with Gasteiger partial charge in [-0.15, -0.1) is 0 Å². The highest BCUT2D eigenvalue weighted by molar-refractivity contribution is 6.01. The first-order valence-electron chi connectivity index (χ1n) is 7.06. The lowest BCUT2D eigenvalue weighted by Crippen LogP contribution is -2.24. The van der Waals surface area contributed by atoms with Crippen LogP contribution < -0.4 is 10.6 Å². The first kappa shape index (κ1) is 12.7. The summed E-state index contributed by atoms with van der Waals surface area (Å²) in [6.45, 7) is 0. The van der Waals surface area contributed by atoms with Crippen LogP contribution in [-0.2, 0) is 0 Å². The number of benzene rings is 2. The Balaban J connectivity index is 1.72. The van der Waals surface area contributed by atoms with E-state index in [1.54, 1.807) is 0 Å². The van der Waals surface area contributed by atoms with E-state index in [0.29, 0.717) is 0 Å². The average Bonchev–Trinajstić information content (AvgIpc) is 2.99. The van der Waals surface area contributed by atoms with Gasteiger partial charge in [-0.1, -0.05) is 42.0 Å². The number of rotatable bonds is 2. The molecule has 1 aliphatic carbocycles. The largest absolute Gasteiger partial charge is 0.323 e. The second-order valence-electron chi connectivity index (χ2n) is 5.13. The number of hydrogen-bond acceptors (Lipinski definition) is 1. The van der Waals surface area contributed by atoms with E-state index in [9.17, 15) is 4.79 Å². The minimum Gasteiger partial charge on any atom is -0.314 e. The fourth-order valence-electron chi connectivity index (χ4n) is 2.63. The molecule has 3 nitrogen and oxygen atoms in total. The molecule has 20 heavy (non-hydrogen) atoms. The highest BCUT2D eigenvalue weighted by Crippen LogP contribution is 2.24. The Labute approximate surface area is 118 Å². The van der Waals surface area contributed by atoms with Crippen molar-refractivity contribution in [1.82, 2.24) is 5.32 Å². The van der Waals surface area contributed by atoms with Gasteiger partial charge in [0.1, 0.15) is 0 Å². The molecule has 3 rings (SSSR count). The van der Waals surface area contributed by atoms with Crippen LogP contribution in [0.2, 0.25) is 0 Å². The van der Waals surface area contributed by atoms with Crippen molar-refractivity contribution in [1.29, 1.82) is 0 Å². The Hall–Kier alpha value is -2.29. The molecular formula is C17H18N2O. The lowest BCUT2D eigenvalue weighted by Gasteiger charge is -2.08. The molecule has 0 atom stereocenters. The van der Waals surface area contributed by atoms with Gasteiger partial charge in [-0.3, -0.25) is 0 Å². The zero-order valence-electron chi connectivity index (χ0n) is 11.4. The first-order valence-corrected chi connectivity index (χ1v) is 7.06. The number of hydrogen-bond donors (Lipinski definition) is 2. The van der Waals surface area contributed by atoms with Gasteiger partial charge in [-0.05, 0) is 37.1 Å². The molecule has 0 bridgehead atoms. The molecule has 0 heterocycles. The third kappa shape index (κ3) is 2.82. The van der Waals surface area contributed by atoms with Gasteiger partial charge in [0.05, 0.1) is 5.69 Å². The van der Waals surface area contributed by atoms with Gasteiger partial charge in [-0.2, -0.15) is 0 Å². The molecule has 1 saturated carbocycles. The Morgan fingerprint density at radius 3 is 2.60 bits per heavy atom. The van der Waals surface area contributed by atoms with Crippen LogP contribution in [0.15, 0.2) is 54.2 Å². The van der Waals surface area contributed by atoms with E-state index >= 15 is 0 Å².